The lowest BCUT2D eigenvalue weighted by molar-refractivity contribution is -0.160. The van der Waals surface area contributed by atoms with Gasteiger partial charge >= 0.3 is 0 Å². The van der Waals surface area contributed by atoms with E-state index in [1.807, 2.05) is 18.7 Å². The second kappa shape index (κ2) is 9.16. The molecule has 194 valence electrons. The summed E-state index contributed by atoms with van der Waals surface area (Å²) >= 11 is 0. The highest BCUT2D eigenvalue weighted by atomic mass is 16.5. The molecule has 2 bridgehead atoms. The molecule has 2 unspecified atom stereocenters. The van der Waals surface area contributed by atoms with Crippen molar-refractivity contribution in [2.45, 2.75) is 57.8 Å². The number of benzene rings is 2. The van der Waals surface area contributed by atoms with Crippen molar-refractivity contribution in [3.05, 3.63) is 45.5 Å². The highest BCUT2D eigenvalue weighted by Crippen LogP contribution is 2.54. The number of hydrogen-bond donors (Lipinski definition) is 1. The maximum Gasteiger partial charge on any atom is 0.241 e. The van der Waals surface area contributed by atoms with Crippen molar-refractivity contribution in [3.8, 4) is 23.0 Å². The first-order valence-corrected chi connectivity index (χ1v) is 12.5. The fourth-order valence-corrected chi connectivity index (χ4v) is 6.99. The summed E-state index contributed by atoms with van der Waals surface area (Å²) in [5.74, 6) is 2.85. The van der Waals surface area contributed by atoms with E-state index in [0.29, 0.717) is 24.3 Å². The molecule has 5 rings (SSSR count). The molecule has 1 saturated heterocycles. The molecule has 3 heterocycles. The maximum atomic E-state index is 14.2. The fraction of sp³-hybridized carbons (Fsp3) is 0.536. The van der Waals surface area contributed by atoms with Crippen LogP contribution in [0.2, 0.25) is 0 Å². The number of methoxy groups -OCH3 is 4. The zero-order chi connectivity index (χ0) is 25.9. The number of hydrogen-bond acceptors (Lipinski definition) is 7. The van der Waals surface area contributed by atoms with Gasteiger partial charge < -0.3 is 29.0 Å². The van der Waals surface area contributed by atoms with Crippen molar-refractivity contribution < 1.29 is 28.8 Å². The smallest absolute Gasteiger partial charge is 0.241 e. The fourth-order valence-electron chi connectivity index (χ4n) is 6.99. The van der Waals surface area contributed by atoms with E-state index in [1.165, 1.54) is 0 Å². The Morgan fingerprint density at radius 2 is 1.67 bits per heavy atom. The number of piperazine rings is 1. The molecule has 0 radical (unpaired) electrons. The predicted octanol–water partition coefficient (Wildman–Crippen LogP) is 3.13. The number of carbonyl (C=O) groups is 1. The van der Waals surface area contributed by atoms with Gasteiger partial charge in [0, 0.05) is 23.1 Å². The summed E-state index contributed by atoms with van der Waals surface area (Å²) < 4.78 is 23.1. The normalized spacial score (nSPS) is 24.6. The van der Waals surface area contributed by atoms with Crippen LogP contribution in [0.3, 0.4) is 0 Å². The monoisotopic (exact) mass is 496 g/mol. The third-order valence-electron chi connectivity index (χ3n) is 8.37. The Morgan fingerprint density at radius 3 is 2.25 bits per heavy atom. The molecule has 4 atom stereocenters. The van der Waals surface area contributed by atoms with E-state index in [2.05, 4.69) is 24.0 Å². The molecule has 0 aromatic heterocycles. The van der Waals surface area contributed by atoms with Crippen molar-refractivity contribution in [1.82, 2.24) is 9.80 Å². The molecule has 2 aromatic rings. The van der Waals surface area contributed by atoms with Crippen molar-refractivity contribution >= 4 is 5.91 Å². The zero-order valence-electron chi connectivity index (χ0n) is 22.2. The van der Waals surface area contributed by atoms with Crippen LogP contribution in [0.4, 0.5) is 0 Å². The van der Waals surface area contributed by atoms with Crippen LogP contribution in [0.15, 0.2) is 12.1 Å². The first-order valence-electron chi connectivity index (χ1n) is 12.5. The van der Waals surface area contributed by atoms with E-state index in [4.69, 9.17) is 18.9 Å². The number of rotatable bonds is 6. The predicted molar refractivity (Wildman–Crippen MR) is 135 cm³/mol. The summed E-state index contributed by atoms with van der Waals surface area (Å²) in [5, 5.41) is 10.7. The van der Waals surface area contributed by atoms with Crippen LogP contribution in [-0.4, -0.2) is 74.5 Å². The molecule has 1 amide bonds. The lowest BCUT2D eigenvalue weighted by Gasteiger charge is -2.58. The molecule has 8 nitrogen and oxygen atoms in total. The Morgan fingerprint density at radius 1 is 0.972 bits per heavy atom. The van der Waals surface area contributed by atoms with Gasteiger partial charge in [0.25, 0.3) is 0 Å². The number of nitrogens with zero attached hydrogens (tertiary/aromatic N) is 2. The van der Waals surface area contributed by atoms with Crippen molar-refractivity contribution in [2.24, 2.45) is 0 Å². The van der Waals surface area contributed by atoms with Crippen LogP contribution in [0, 0.1) is 13.8 Å². The number of aryl methyl sites for hydroxylation is 1. The Labute approximate surface area is 212 Å². The molecule has 3 aliphatic heterocycles. The minimum atomic E-state index is -0.518. The molecule has 0 aliphatic carbocycles. The largest absolute Gasteiger partial charge is 0.496 e. The summed E-state index contributed by atoms with van der Waals surface area (Å²) in [6, 6.07) is 3.17. The Hall–Kier alpha value is -2.97. The van der Waals surface area contributed by atoms with Crippen molar-refractivity contribution in [3.63, 3.8) is 0 Å². The SMILES string of the molecule is CCN1C2Cc3c(cc(OC)c(C)c3OC)C1[C@@H]1Cc3cc(C)c(OC)c(OC)c3[C@H](CO)N1C2=O. The number of likely N-dealkylation sites (N-methyl/N-ethyl adjacent to an activating group) is 1. The number of amides is 1. The topological polar surface area (TPSA) is 80.7 Å². The van der Waals surface area contributed by atoms with E-state index in [1.54, 1.807) is 28.4 Å². The van der Waals surface area contributed by atoms with Crippen LogP contribution in [-0.2, 0) is 17.6 Å². The molecule has 0 saturated carbocycles. The Kier molecular flexibility index (Phi) is 6.29. The van der Waals surface area contributed by atoms with Gasteiger partial charge in [-0.1, -0.05) is 13.0 Å². The van der Waals surface area contributed by atoms with Gasteiger partial charge in [0.05, 0.1) is 59.2 Å². The molecule has 8 heteroatoms. The molecule has 1 N–H and O–H groups in total. The van der Waals surface area contributed by atoms with Gasteiger partial charge in [0.15, 0.2) is 11.5 Å². The first kappa shape index (κ1) is 24.7. The number of fused-ring (bicyclic) bond motifs is 7. The van der Waals surface area contributed by atoms with Gasteiger partial charge in [-0.25, -0.2) is 0 Å². The van der Waals surface area contributed by atoms with Gasteiger partial charge in [-0.2, -0.15) is 0 Å². The number of aliphatic hydroxyl groups is 1. The van der Waals surface area contributed by atoms with Gasteiger partial charge in [-0.05, 0) is 49.6 Å². The van der Waals surface area contributed by atoms with Crippen LogP contribution >= 0.6 is 0 Å². The summed E-state index contributed by atoms with van der Waals surface area (Å²) in [4.78, 5) is 18.4. The Bertz CT molecular complexity index is 1210. The molecule has 3 aliphatic rings. The number of carbonyl (C=O) groups excluding carboxylic acids is 1. The summed E-state index contributed by atoms with van der Waals surface area (Å²) in [6.45, 7) is 6.64. The second-order valence-electron chi connectivity index (χ2n) is 9.85. The van der Waals surface area contributed by atoms with Crippen molar-refractivity contribution in [2.75, 3.05) is 41.6 Å². The van der Waals surface area contributed by atoms with Crippen molar-refractivity contribution in [1.29, 1.82) is 0 Å². The van der Waals surface area contributed by atoms with Gasteiger partial charge in [0.2, 0.25) is 5.91 Å². The molecular weight excluding hydrogens is 460 g/mol. The molecular formula is C28H36N2O6. The van der Waals surface area contributed by atoms with E-state index >= 15 is 0 Å². The van der Waals surface area contributed by atoms with Gasteiger partial charge in [-0.3, -0.25) is 9.69 Å². The number of ether oxygens (including phenoxy) is 4. The molecule has 0 spiro atoms. The first-order chi connectivity index (χ1) is 17.4. The average molecular weight is 497 g/mol. The lowest BCUT2D eigenvalue weighted by atomic mass is 9.73. The highest BCUT2D eigenvalue weighted by Gasteiger charge is 2.55. The molecule has 1 fully saturated rings. The van der Waals surface area contributed by atoms with Crippen LogP contribution < -0.4 is 18.9 Å². The average Bonchev–Trinajstić information content (AvgIpc) is 2.88. The van der Waals surface area contributed by atoms with Crippen LogP contribution in [0.25, 0.3) is 0 Å². The second-order valence-corrected chi connectivity index (χ2v) is 9.85. The standard InChI is InChI=1S/C28H36N2O6/c1-8-29-20-11-18-17(12-22(33-4)15(3)26(18)35-6)24(29)19-10-16-9-14(2)25(34-5)27(36-7)23(16)21(13-31)30(19)28(20)32/h9,12,19-21,24,31H,8,10-11,13H2,1-7H3/t19-,20?,21-,24?/m0/s1. The molecule has 2 aromatic carbocycles. The Balaban J connectivity index is 1.76. The van der Waals surface area contributed by atoms with E-state index in [-0.39, 0.29) is 30.6 Å². The summed E-state index contributed by atoms with van der Waals surface area (Å²) in [6.07, 6.45) is 1.19. The zero-order valence-corrected chi connectivity index (χ0v) is 22.2. The minimum absolute atomic E-state index is 0.0329. The van der Waals surface area contributed by atoms with Gasteiger partial charge in [0.1, 0.15) is 11.5 Å². The third kappa shape index (κ3) is 3.23. The van der Waals surface area contributed by atoms with E-state index < -0.39 is 6.04 Å². The van der Waals surface area contributed by atoms with Crippen LogP contribution in [0.1, 0.15) is 52.4 Å². The quantitative estimate of drug-likeness (QED) is 0.658. The minimum Gasteiger partial charge on any atom is -0.496 e. The lowest BCUT2D eigenvalue weighted by Crippen LogP contribution is -2.67. The molecule has 36 heavy (non-hydrogen) atoms. The maximum absolute atomic E-state index is 14.2. The highest BCUT2D eigenvalue weighted by molar-refractivity contribution is 5.86. The van der Waals surface area contributed by atoms with E-state index in [9.17, 15) is 9.90 Å². The third-order valence-corrected chi connectivity index (χ3v) is 8.37. The van der Waals surface area contributed by atoms with Gasteiger partial charge in [-0.15, -0.1) is 0 Å². The number of aliphatic hydroxyl groups excluding tert-OH is 1. The summed E-state index contributed by atoms with van der Waals surface area (Å²) in [7, 11) is 6.58. The van der Waals surface area contributed by atoms with E-state index in [0.717, 1.165) is 51.4 Å². The summed E-state index contributed by atoms with van der Waals surface area (Å²) in [5.41, 5.74) is 6.04. The van der Waals surface area contributed by atoms with Crippen LogP contribution in [0.5, 0.6) is 23.0 Å².